The second-order valence-electron chi connectivity index (χ2n) is 8.31. The predicted molar refractivity (Wildman–Crippen MR) is 108 cm³/mol. The summed E-state index contributed by atoms with van der Waals surface area (Å²) >= 11 is 0. The number of likely N-dealkylation sites (tertiary alicyclic amines) is 1. The number of benzene rings is 1. The number of ether oxygens (including phenoxy) is 2. The minimum absolute atomic E-state index is 0.546. The molecule has 2 aromatic rings. The topological polar surface area (TPSA) is 53.6 Å². The molecule has 0 radical (unpaired) electrons. The molecule has 3 aliphatic rings. The van der Waals surface area contributed by atoms with Crippen LogP contribution in [-0.2, 0) is 24.2 Å². The molecule has 150 valence electrons. The summed E-state index contributed by atoms with van der Waals surface area (Å²) in [4.78, 5) is 5.08. The summed E-state index contributed by atoms with van der Waals surface area (Å²) in [7, 11) is 0. The Hall–Kier alpha value is -1.89. The van der Waals surface area contributed by atoms with Gasteiger partial charge in [-0.05, 0) is 36.6 Å². The maximum absolute atomic E-state index is 5.65. The summed E-state index contributed by atoms with van der Waals surface area (Å²) in [5.74, 6) is 1.62. The number of morpholine rings is 1. The van der Waals surface area contributed by atoms with Gasteiger partial charge in [-0.15, -0.1) is 0 Å². The van der Waals surface area contributed by atoms with E-state index in [0.29, 0.717) is 5.92 Å². The molecule has 5 rings (SSSR count). The summed E-state index contributed by atoms with van der Waals surface area (Å²) in [5, 5.41) is 7.73. The Kier molecular flexibility index (Phi) is 5.34. The maximum Gasteiger partial charge on any atom is 0.122 e. The second-order valence-corrected chi connectivity index (χ2v) is 8.31. The molecular formula is C22H30N4O2. The van der Waals surface area contributed by atoms with E-state index in [1.807, 2.05) is 6.20 Å². The third-order valence-corrected chi connectivity index (χ3v) is 6.32. The first-order valence-electron chi connectivity index (χ1n) is 10.6. The van der Waals surface area contributed by atoms with Crippen molar-refractivity contribution in [2.45, 2.75) is 38.3 Å². The maximum atomic E-state index is 5.65. The van der Waals surface area contributed by atoms with E-state index < -0.39 is 0 Å². The van der Waals surface area contributed by atoms with Crippen LogP contribution in [0.25, 0.3) is 0 Å². The van der Waals surface area contributed by atoms with Crippen molar-refractivity contribution in [1.29, 1.82) is 0 Å². The van der Waals surface area contributed by atoms with Crippen molar-refractivity contribution in [2.75, 3.05) is 46.0 Å². The Bertz CT molecular complexity index is 800. The van der Waals surface area contributed by atoms with E-state index in [2.05, 4.69) is 38.2 Å². The van der Waals surface area contributed by atoms with Crippen LogP contribution in [0.2, 0.25) is 0 Å². The molecule has 0 bridgehead atoms. The van der Waals surface area contributed by atoms with E-state index in [1.165, 1.54) is 41.8 Å². The highest BCUT2D eigenvalue weighted by Crippen LogP contribution is 2.31. The number of aromatic amines is 1. The first-order chi connectivity index (χ1) is 13.8. The van der Waals surface area contributed by atoms with Crippen molar-refractivity contribution in [2.24, 2.45) is 0 Å². The van der Waals surface area contributed by atoms with Crippen molar-refractivity contribution in [3.63, 3.8) is 0 Å². The Morgan fingerprint density at radius 1 is 1.07 bits per heavy atom. The van der Waals surface area contributed by atoms with E-state index in [0.717, 1.165) is 64.7 Å². The van der Waals surface area contributed by atoms with Gasteiger partial charge in [0.05, 0.1) is 26.0 Å². The number of piperidine rings is 1. The molecule has 0 aliphatic carbocycles. The van der Waals surface area contributed by atoms with Crippen LogP contribution in [-0.4, -0.2) is 66.0 Å². The molecule has 1 aromatic heterocycles. The van der Waals surface area contributed by atoms with Gasteiger partial charge in [0, 0.05) is 56.3 Å². The summed E-state index contributed by atoms with van der Waals surface area (Å²) in [6, 6.07) is 6.72. The number of fused-ring (bicyclic) bond motifs is 1. The molecule has 1 aromatic carbocycles. The van der Waals surface area contributed by atoms with E-state index >= 15 is 0 Å². The van der Waals surface area contributed by atoms with Crippen LogP contribution in [0.15, 0.2) is 24.4 Å². The molecule has 2 saturated heterocycles. The summed E-state index contributed by atoms with van der Waals surface area (Å²) in [5.41, 5.74) is 5.48. The Balaban J connectivity index is 1.24. The highest BCUT2D eigenvalue weighted by atomic mass is 16.5. The first kappa shape index (κ1) is 18.2. The van der Waals surface area contributed by atoms with E-state index in [1.54, 1.807) is 0 Å². The van der Waals surface area contributed by atoms with Crippen molar-refractivity contribution < 1.29 is 9.47 Å². The highest BCUT2D eigenvalue weighted by molar-refractivity contribution is 5.39. The number of H-pyrrole nitrogens is 1. The number of hydrogen-bond acceptors (Lipinski definition) is 5. The van der Waals surface area contributed by atoms with Crippen LogP contribution in [0, 0.1) is 0 Å². The first-order valence-corrected chi connectivity index (χ1v) is 10.6. The predicted octanol–water partition coefficient (Wildman–Crippen LogP) is 2.56. The number of rotatable bonds is 5. The summed E-state index contributed by atoms with van der Waals surface area (Å²) in [6.45, 7) is 8.84. The lowest BCUT2D eigenvalue weighted by Gasteiger charge is -2.33. The van der Waals surface area contributed by atoms with Gasteiger partial charge in [0.15, 0.2) is 0 Å². The lowest BCUT2D eigenvalue weighted by molar-refractivity contribution is 0.0339. The van der Waals surface area contributed by atoms with Gasteiger partial charge >= 0.3 is 0 Å². The Morgan fingerprint density at radius 2 is 2.00 bits per heavy atom. The molecule has 0 amide bonds. The smallest absolute Gasteiger partial charge is 0.122 e. The Morgan fingerprint density at radius 3 is 2.93 bits per heavy atom. The van der Waals surface area contributed by atoms with Crippen molar-refractivity contribution in [3.8, 4) is 5.75 Å². The van der Waals surface area contributed by atoms with Crippen LogP contribution < -0.4 is 4.74 Å². The standard InChI is InChI=1S/C22H30N4O2/c1-2-19(22-20(13-23-24-22)16-25-7-10-27-11-8-25)15-26(6-1)14-17-3-4-21-18(12-17)5-9-28-21/h3-4,12-13,19H,1-2,5-11,14-16H2,(H,23,24)/t19-/m0/s1. The van der Waals surface area contributed by atoms with Crippen molar-refractivity contribution in [1.82, 2.24) is 20.0 Å². The molecule has 1 N–H and O–H groups in total. The van der Waals surface area contributed by atoms with Crippen molar-refractivity contribution >= 4 is 0 Å². The molecule has 6 nitrogen and oxygen atoms in total. The lowest BCUT2D eigenvalue weighted by atomic mass is 9.92. The van der Waals surface area contributed by atoms with Crippen molar-refractivity contribution in [3.05, 3.63) is 46.8 Å². The largest absolute Gasteiger partial charge is 0.493 e. The van der Waals surface area contributed by atoms with Crippen LogP contribution in [0.1, 0.15) is 41.1 Å². The molecule has 0 unspecified atom stereocenters. The summed E-state index contributed by atoms with van der Waals surface area (Å²) < 4.78 is 11.1. The lowest BCUT2D eigenvalue weighted by Crippen LogP contribution is -2.37. The molecule has 4 heterocycles. The van der Waals surface area contributed by atoms with Gasteiger partial charge in [-0.3, -0.25) is 14.9 Å². The molecule has 2 fully saturated rings. The normalized spacial score (nSPS) is 23.5. The van der Waals surface area contributed by atoms with Gasteiger partial charge in [-0.25, -0.2) is 0 Å². The average molecular weight is 383 g/mol. The molecule has 0 spiro atoms. The SMILES string of the molecule is c1cc2c(cc1CN1CCC[C@H](c3[nH]ncc3CN3CCOCC3)C1)CCO2. The fourth-order valence-electron chi connectivity index (χ4n) is 4.83. The molecule has 6 heteroatoms. The van der Waals surface area contributed by atoms with Gasteiger partial charge in [0.1, 0.15) is 5.75 Å². The zero-order chi connectivity index (χ0) is 18.8. The third-order valence-electron chi connectivity index (χ3n) is 6.32. The van der Waals surface area contributed by atoms with Crippen LogP contribution in [0.4, 0.5) is 0 Å². The van der Waals surface area contributed by atoms with Crippen LogP contribution >= 0.6 is 0 Å². The van der Waals surface area contributed by atoms with Crippen LogP contribution in [0.3, 0.4) is 0 Å². The van der Waals surface area contributed by atoms with E-state index in [4.69, 9.17) is 9.47 Å². The monoisotopic (exact) mass is 382 g/mol. The summed E-state index contributed by atoms with van der Waals surface area (Å²) in [6.07, 6.45) is 5.57. The average Bonchev–Trinajstić information content (AvgIpc) is 3.38. The zero-order valence-corrected chi connectivity index (χ0v) is 16.5. The fraction of sp³-hybridized carbons (Fsp3) is 0.591. The molecule has 3 aliphatic heterocycles. The number of nitrogens with zero attached hydrogens (tertiary/aromatic N) is 3. The van der Waals surface area contributed by atoms with Gasteiger partial charge in [0.2, 0.25) is 0 Å². The highest BCUT2D eigenvalue weighted by Gasteiger charge is 2.26. The molecule has 0 saturated carbocycles. The van der Waals surface area contributed by atoms with Gasteiger partial charge in [-0.1, -0.05) is 12.1 Å². The van der Waals surface area contributed by atoms with Crippen LogP contribution in [0.5, 0.6) is 5.75 Å². The number of nitrogens with one attached hydrogen (secondary N) is 1. The van der Waals surface area contributed by atoms with Gasteiger partial charge < -0.3 is 9.47 Å². The van der Waals surface area contributed by atoms with Gasteiger partial charge in [-0.2, -0.15) is 5.10 Å². The molecule has 28 heavy (non-hydrogen) atoms. The number of hydrogen-bond donors (Lipinski definition) is 1. The van der Waals surface area contributed by atoms with Gasteiger partial charge in [0.25, 0.3) is 0 Å². The minimum Gasteiger partial charge on any atom is -0.493 e. The second kappa shape index (κ2) is 8.23. The third kappa shape index (κ3) is 3.95. The molecule has 1 atom stereocenters. The van der Waals surface area contributed by atoms with E-state index in [9.17, 15) is 0 Å². The fourth-order valence-corrected chi connectivity index (χ4v) is 4.83. The zero-order valence-electron chi connectivity index (χ0n) is 16.5. The van der Waals surface area contributed by atoms with E-state index in [-0.39, 0.29) is 0 Å². The minimum atomic E-state index is 0.546. The number of aromatic nitrogens is 2. The quantitative estimate of drug-likeness (QED) is 0.861. The Labute approximate surface area is 166 Å². The molecular weight excluding hydrogens is 352 g/mol.